The molecule has 0 amide bonds. The molecule has 1 aliphatic rings. The number of nitrogens with zero attached hydrogens (tertiary/aromatic N) is 3. The van der Waals surface area contributed by atoms with Crippen molar-refractivity contribution in [2.45, 2.75) is 17.1 Å². The van der Waals surface area contributed by atoms with E-state index in [9.17, 15) is 8.42 Å². The van der Waals surface area contributed by atoms with Crippen LogP contribution in [0, 0.1) is 0 Å². The summed E-state index contributed by atoms with van der Waals surface area (Å²) in [7, 11) is -2.10. The topological polar surface area (TPSA) is 55.2 Å². The molecule has 0 spiro atoms. The molecule has 118 valence electrons. The number of hydrogen-bond donors (Lipinski definition) is 0. The van der Waals surface area contributed by atoms with Crippen molar-refractivity contribution in [1.29, 1.82) is 0 Å². The summed E-state index contributed by atoms with van der Waals surface area (Å²) < 4.78 is 42.8. The molecule has 1 fully saturated rings. The highest BCUT2D eigenvalue weighted by molar-refractivity contribution is 7.89. The van der Waals surface area contributed by atoms with E-state index < -0.39 is 15.7 Å². The molecular formula is C14H15ClFN3O2S. The largest absolute Gasteiger partial charge is 0.339 e. The lowest BCUT2D eigenvalue weighted by atomic mass is 9.95. The van der Waals surface area contributed by atoms with Gasteiger partial charge >= 0.3 is 0 Å². The predicted molar refractivity (Wildman–Crippen MR) is 80.8 cm³/mol. The average Bonchev–Trinajstić information content (AvgIpc) is 3.07. The van der Waals surface area contributed by atoms with Gasteiger partial charge in [-0.3, -0.25) is 0 Å². The van der Waals surface area contributed by atoms with Crippen LogP contribution >= 0.6 is 11.6 Å². The summed E-state index contributed by atoms with van der Waals surface area (Å²) >= 11 is 5.90. The van der Waals surface area contributed by atoms with Crippen LogP contribution in [0.2, 0.25) is 5.02 Å². The molecule has 1 atom stereocenters. The van der Waals surface area contributed by atoms with E-state index in [2.05, 4.69) is 4.98 Å². The first-order valence-corrected chi connectivity index (χ1v) is 8.56. The lowest BCUT2D eigenvalue weighted by molar-refractivity contribution is 0.183. The highest BCUT2D eigenvalue weighted by Crippen LogP contribution is 2.38. The Labute approximate surface area is 133 Å². The Morgan fingerprint density at radius 3 is 2.82 bits per heavy atom. The van der Waals surface area contributed by atoms with Gasteiger partial charge in [-0.05, 0) is 17.7 Å². The van der Waals surface area contributed by atoms with Crippen LogP contribution in [0.4, 0.5) is 4.39 Å². The fraction of sp³-hybridized carbons (Fsp3) is 0.357. The summed E-state index contributed by atoms with van der Waals surface area (Å²) in [6.45, 7) is -0.117. The van der Waals surface area contributed by atoms with Crippen molar-refractivity contribution in [2.24, 2.45) is 7.05 Å². The molecule has 0 saturated carbocycles. The van der Waals surface area contributed by atoms with Crippen molar-refractivity contribution in [3.63, 3.8) is 0 Å². The molecule has 0 bridgehead atoms. The lowest BCUT2D eigenvalue weighted by Gasteiger charge is -2.21. The van der Waals surface area contributed by atoms with Crippen molar-refractivity contribution in [3.8, 4) is 0 Å². The molecule has 8 heteroatoms. The quantitative estimate of drug-likeness (QED) is 0.859. The van der Waals surface area contributed by atoms with Gasteiger partial charge in [-0.1, -0.05) is 23.7 Å². The van der Waals surface area contributed by atoms with Crippen LogP contribution in [-0.2, 0) is 22.7 Å². The van der Waals surface area contributed by atoms with Crippen molar-refractivity contribution in [1.82, 2.24) is 13.9 Å². The summed E-state index contributed by atoms with van der Waals surface area (Å²) in [5.41, 5.74) is -1.33. The Morgan fingerprint density at radius 2 is 2.18 bits per heavy atom. The van der Waals surface area contributed by atoms with Gasteiger partial charge in [0, 0.05) is 31.2 Å². The van der Waals surface area contributed by atoms with Crippen LogP contribution in [0.5, 0.6) is 0 Å². The smallest absolute Gasteiger partial charge is 0.262 e. The molecule has 0 aliphatic carbocycles. The molecule has 1 aromatic carbocycles. The molecule has 1 saturated heterocycles. The van der Waals surface area contributed by atoms with E-state index in [-0.39, 0.29) is 24.5 Å². The van der Waals surface area contributed by atoms with Crippen LogP contribution < -0.4 is 0 Å². The second-order valence-corrected chi connectivity index (χ2v) is 7.76. The van der Waals surface area contributed by atoms with Gasteiger partial charge in [0.25, 0.3) is 10.0 Å². The monoisotopic (exact) mass is 343 g/mol. The first-order valence-electron chi connectivity index (χ1n) is 6.74. The number of benzene rings is 1. The van der Waals surface area contributed by atoms with Crippen molar-refractivity contribution >= 4 is 21.6 Å². The average molecular weight is 344 g/mol. The zero-order chi connectivity index (χ0) is 16.0. The Morgan fingerprint density at radius 1 is 1.41 bits per heavy atom. The molecule has 1 aromatic heterocycles. The maximum absolute atomic E-state index is 15.1. The van der Waals surface area contributed by atoms with Gasteiger partial charge in [-0.2, -0.15) is 4.31 Å². The van der Waals surface area contributed by atoms with Crippen molar-refractivity contribution in [2.75, 3.05) is 13.1 Å². The van der Waals surface area contributed by atoms with E-state index in [4.69, 9.17) is 11.6 Å². The normalized spacial score (nSPS) is 23.0. The van der Waals surface area contributed by atoms with Gasteiger partial charge in [0.1, 0.15) is 0 Å². The number of rotatable bonds is 3. The molecule has 2 aromatic rings. The SMILES string of the molecule is Cn1cnc(S(=O)(=O)N2CC[C@@](F)(c3cccc(Cl)c3)C2)c1. The summed E-state index contributed by atoms with van der Waals surface area (Å²) in [6.07, 6.45) is 2.91. The summed E-state index contributed by atoms with van der Waals surface area (Å²) in [5, 5.41) is 0.367. The maximum Gasteiger partial charge on any atom is 0.262 e. The van der Waals surface area contributed by atoms with Gasteiger partial charge in [-0.15, -0.1) is 0 Å². The summed E-state index contributed by atoms with van der Waals surface area (Å²) in [6, 6.07) is 6.49. The second kappa shape index (κ2) is 5.33. The third kappa shape index (κ3) is 2.64. The van der Waals surface area contributed by atoms with Gasteiger partial charge in [0.2, 0.25) is 0 Å². The van der Waals surface area contributed by atoms with Crippen molar-refractivity contribution in [3.05, 3.63) is 47.4 Å². The Hall–Kier alpha value is -1.44. The van der Waals surface area contributed by atoms with E-state index in [0.717, 1.165) is 4.31 Å². The van der Waals surface area contributed by atoms with Gasteiger partial charge in [-0.25, -0.2) is 17.8 Å². The zero-order valence-electron chi connectivity index (χ0n) is 11.9. The summed E-state index contributed by atoms with van der Waals surface area (Å²) in [4.78, 5) is 3.86. The number of aryl methyl sites for hydroxylation is 1. The van der Waals surface area contributed by atoms with Crippen LogP contribution in [0.3, 0.4) is 0 Å². The number of sulfonamides is 1. The molecule has 0 radical (unpaired) electrons. The minimum absolute atomic E-state index is 0.0645. The van der Waals surface area contributed by atoms with Crippen LogP contribution in [0.15, 0.2) is 41.8 Å². The number of alkyl halides is 1. The van der Waals surface area contributed by atoms with E-state index in [1.54, 1.807) is 35.9 Å². The van der Waals surface area contributed by atoms with E-state index in [0.29, 0.717) is 10.6 Å². The fourth-order valence-electron chi connectivity index (χ4n) is 2.60. The molecule has 0 unspecified atom stereocenters. The molecular weight excluding hydrogens is 329 g/mol. The highest BCUT2D eigenvalue weighted by Gasteiger charge is 2.45. The van der Waals surface area contributed by atoms with Gasteiger partial charge in [0.05, 0.1) is 12.9 Å². The van der Waals surface area contributed by atoms with Crippen LogP contribution in [-0.4, -0.2) is 35.4 Å². The van der Waals surface area contributed by atoms with Crippen molar-refractivity contribution < 1.29 is 12.8 Å². The minimum atomic E-state index is -3.78. The Bertz CT molecular complexity index is 808. The molecule has 1 aliphatic heterocycles. The predicted octanol–water partition coefficient (Wildman–Crippen LogP) is 2.33. The molecule has 0 N–H and O–H groups in total. The molecule has 22 heavy (non-hydrogen) atoms. The Kier molecular flexibility index (Phi) is 3.74. The van der Waals surface area contributed by atoms with E-state index in [1.165, 1.54) is 12.5 Å². The van der Waals surface area contributed by atoms with Gasteiger partial charge < -0.3 is 4.57 Å². The van der Waals surface area contributed by atoms with Crippen LogP contribution in [0.25, 0.3) is 0 Å². The molecule has 5 nitrogen and oxygen atoms in total. The van der Waals surface area contributed by atoms with Crippen LogP contribution in [0.1, 0.15) is 12.0 Å². The van der Waals surface area contributed by atoms with E-state index in [1.807, 2.05) is 0 Å². The first-order chi connectivity index (χ1) is 10.3. The number of aromatic nitrogens is 2. The third-order valence-electron chi connectivity index (χ3n) is 3.81. The molecule has 3 rings (SSSR count). The third-order valence-corrected chi connectivity index (χ3v) is 5.78. The van der Waals surface area contributed by atoms with E-state index >= 15 is 4.39 Å². The maximum atomic E-state index is 15.1. The zero-order valence-corrected chi connectivity index (χ0v) is 13.5. The number of hydrogen-bond acceptors (Lipinski definition) is 3. The molecule has 2 heterocycles. The highest BCUT2D eigenvalue weighted by atomic mass is 35.5. The lowest BCUT2D eigenvalue weighted by Crippen LogP contribution is -2.32. The Balaban J connectivity index is 1.88. The first kappa shape index (κ1) is 15.5. The standard InChI is InChI=1S/C14H15ClFN3O2S/c1-18-8-13(17-10-18)22(20,21)19-6-5-14(16,9-19)11-3-2-4-12(15)7-11/h2-4,7-8,10H,5-6,9H2,1H3/t14-/m0/s1. The number of halogens is 2. The number of imidazole rings is 1. The minimum Gasteiger partial charge on any atom is -0.339 e. The summed E-state index contributed by atoms with van der Waals surface area (Å²) in [5.74, 6) is 0. The second-order valence-electron chi connectivity index (χ2n) is 5.44. The van der Waals surface area contributed by atoms with Gasteiger partial charge in [0.15, 0.2) is 10.7 Å². The fourth-order valence-corrected chi connectivity index (χ4v) is 4.24.